The van der Waals surface area contributed by atoms with E-state index < -0.39 is 0 Å². The van der Waals surface area contributed by atoms with Gasteiger partial charge in [-0.15, -0.1) is 0 Å². The lowest BCUT2D eigenvalue weighted by molar-refractivity contribution is -0.0352. The first-order valence-electron chi connectivity index (χ1n) is 11.6. The van der Waals surface area contributed by atoms with Gasteiger partial charge in [0, 0.05) is 58.4 Å². The molecule has 31 heavy (non-hydrogen) atoms. The van der Waals surface area contributed by atoms with Crippen LogP contribution < -0.4 is 10.6 Å². The van der Waals surface area contributed by atoms with Gasteiger partial charge in [-0.05, 0) is 37.0 Å². The largest absolute Gasteiger partial charge is 0.379 e. The third kappa shape index (κ3) is 6.43. The summed E-state index contributed by atoms with van der Waals surface area (Å²) in [4.78, 5) is 20.9. The van der Waals surface area contributed by atoms with Crippen LogP contribution in [0.25, 0.3) is 0 Å². The fraction of sp³-hybridized carbons (Fsp3) is 0.667. The van der Waals surface area contributed by atoms with Gasteiger partial charge in [0.15, 0.2) is 5.96 Å². The second-order valence-electron chi connectivity index (χ2n) is 8.89. The highest BCUT2D eigenvalue weighted by atomic mass is 16.5. The van der Waals surface area contributed by atoms with Crippen LogP contribution in [0, 0.1) is 0 Å². The number of nitrogens with one attached hydrogen (secondary N) is 2. The Kier molecular flexibility index (Phi) is 8.72. The van der Waals surface area contributed by atoms with Crippen molar-refractivity contribution in [2.75, 3.05) is 60.5 Å². The van der Waals surface area contributed by atoms with Gasteiger partial charge in [-0.25, -0.2) is 0 Å². The van der Waals surface area contributed by atoms with Crippen molar-refractivity contribution in [2.24, 2.45) is 4.99 Å². The lowest BCUT2D eigenvalue weighted by Crippen LogP contribution is -2.60. The molecule has 1 aliphatic heterocycles. The van der Waals surface area contributed by atoms with E-state index in [1.54, 1.807) is 19.0 Å². The van der Waals surface area contributed by atoms with E-state index in [9.17, 15) is 4.79 Å². The lowest BCUT2D eigenvalue weighted by Gasteiger charge is -2.48. The Labute approximate surface area is 187 Å². The molecule has 1 aromatic carbocycles. The van der Waals surface area contributed by atoms with E-state index in [0.29, 0.717) is 0 Å². The fourth-order valence-electron chi connectivity index (χ4n) is 4.76. The van der Waals surface area contributed by atoms with E-state index >= 15 is 0 Å². The van der Waals surface area contributed by atoms with Gasteiger partial charge in [0.1, 0.15) is 0 Å². The SMILES string of the molecule is CN=C(NCCc1cccc(C(=O)N(C)C)c1)NCC1(N2CCOCC2)CCCCC1. The van der Waals surface area contributed by atoms with E-state index in [2.05, 4.69) is 26.6 Å². The standard InChI is InChI=1S/C24H39N5O2/c1-25-23(26-13-10-20-8-7-9-21(18-20)22(30)28(2)3)27-19-24(11-5-4-6-12-24)29-14-16-31-17-15-29/h7-9,18H,4-6,10-17,19H2,1-3H3,(H2,25,26,27). The minimum absolute atomic E-state index is 0.0354. The molecule has 1 saturated heterocycles. The molecule has 0 bridgehead atoms. The molecule has 3 rings (SSSR count). The van der Waals surface area contributed by atoms with Crippen molar-refractivity contribution in [3.05, 3.63) is 35.4 Å². The van der Waals surface area contributed by atoms with Gasteiger partial charge in [0.2, 0.25) is 0 Å². The van der Waals surface area contributed by atoms with E-state index in [0.717, 1.165) is 62.9 Å². The molecule has 172 valence electrons. The molecule has 0 aromatic heterocycles. The zero-order valence-electron chi connectivity index (χ0n) is 19.5. The predicted octanol–water partition coefficient (Wildman–Crippen LogP) is 2.13. The molecule has 2 N–H and O–H groups in total. The summed E-state index contributed by atoms with van der Waals surface area (Å²) in [5.41, 5.74) is 2.09. The number of aliphatic imine (C=N–C) groups is 1. The van der Waals surface area contributed by atoms with E-state index in [4.69, 9.17) is 4.74 Å². The number of morpholine rings is 1. The number of ether oxygens (including phenoxy) is 1. The Morgan fingerprint density at radius 2 is 1.90 bits per heavy atom. The summed E-state index contributed by atoms with van der Waals surface area (Å²) in [6, 6.07) is 7.87. The number of nitrogens with zero attached hydrogens (tertiary/aromatic N) is 3. The number of guanidine groups is 1. The van der Waals surface area contributed by atoms with E-state index in [-0.39, 0.29) is 11.4 Å². The Hall–Kier alpha value is -2.12. The van der Waals surface area contributed by atoms with Gasteiger partial charge >= 0.3 is 0 Å². The first-order chi connectivity index (χ1) is 15.0. The highest BCUT2D eigenvalue weighted by Crippen LogP contribution is 2.33. The molecule has 2 aliphatic rings. The van der Waals surface area contributed by atoms with Crippen LogP contribution in [0.15, 0.2) is 29.3 Å². The number of rotatable bonds is 7. The van der Waals surface area contributed by atoms with Crippen LogP contribution in [-0.4, -0.2) is 87.7 Å². The third-order valence-electron chi connectivity index (χ3n) is 6.56. The smallest absolute Gasteiger partial charge is 0.253 e. The summed E-state index contributed by atoms with van der Waals surface area (Å²) in [6.45, 7) is 5.41. The molecule has 0 spiro atoms. The molecule has 1 heterocycles. The average Bonchev–Trinajstić information content (AvgIpc) is 2.82. The molecule has 0 atom stereocenters. The Balaban J connectivity index is 1.52. The summed E-state index contributed by atoms with van der Waals surface area (Å²) in [6.07, 6.45) is 7.26. The number of benzene rings is 1. The van der Waals surface area contributed by atoms with E-state index in [1.807, 2.05) is 25.2 Å². The first-order valence-corrected chi connectivity index (χ1v) is 11.6. The monoisotopic (exact) mass is 429 g/mol. The summed E-state index contributed by atoms with van der Waals surface area (Å²) in [5.74, 6) is 0.881. The van der Waals surface area contributed by atoms with Crippen LogP contribution in [0.4, 0.5) is 0 Å². The minimum Gasteiger partial charge on any atom is -0.379 e. The molecule has 1 saturated carbocycles. The number of hydrogen-bond donors (Lipinski definition) is 2. The van der Waals surface area contributed by atoms with Crippen LogP contribution in [0.5, 0.6) is 0 Å². The molecule has 1 amide bonds. The van der Waals surface area contributed by atoms with E-state index in [1.165, 1.54) is 32.1 Å². The quantitative estimate of drug-likeness (QED) is 0.513. The van der Waals surface area contributed by atoms with Crippen LogP contribution in [-0.2, 0) is 11.2 Å². The van der Waals surface area contributed by atoms with Gasteiger partial charge in [-0.1, -0.05) is 31.4 Å². The fourth-order valence-corrected chi connectivity index (χ4v) is 4.76. The lowest BCUT2D eigenvalue weighted by atomic mass is 9.80. The second-order valence-corrected chi connectivity index (χ2v) is 8.89. The van der Waals surface area contributed by atoms with Gasteiger partial charge in [0.05, 0.1) is 13.2 Å². The van der Waals surface area contributed by atoms with Crippen LogP contribution >= 0.6 is 0 Å². The Morgan fingerprint density at radius 1 is 1.16 bits per heavy atom. The zero-order valence-corrected chi connectivity index (χ0v) is 19.5. The van der Waals surface area contributed by atoms with Gasteiger partial charge in [0.25, 0.3) is 5.91 Å². The Bertz CT molecular complexity index is 737. The van der Waals surface area contributed by atoms with Crippen molar-refractivity contribution >= 4 is 11.9 Å². The summed E-state index contributed by atoms with van der Waals surface area (Å²) >= 11 is 0. The second kappa shape index (κ2) is 11.5. The van der Waals surface area contributed by atoms with Crippen LogP contribution in [0.1, 0.15) is 48.0 Å². The van der Waals surface area contributed by atoms with Crippen LogP contribution in [0.2, 0.25) is 0 Å². The summed E-state index contributed by atoms with van der Waals surface area (Å²) in [7, 11) is 5.39. The normalized spacial score (nSPS) is 19.6. The van der Waals surface area contributed by atoms with Crippen molar-refractivity contribution in [1.29, 1.82) is 0 Å². The van der Waals surface area contributed by atoms with Crippen LogP contribution in [0.3, 0.4) is 0 Å². The van der Waals surface area contributed by atoms with Crippen molar-refractivity contribution in [2.45, 2.75) is 44.1 Å². The third-order valence-corrected chi connectivity index (χ3v) is 6.56. The number of amides is 1. The maximum Gasteiger partial charge on any atom is 0.253 e. The van der Waals surface area contributed by atoms with Crippen molar-refractivity contribution in [1.82, 2.24) is 20.4 Å². The zero-order chi connectivity index (χ0) is 22.1. The van der Waals surface area contributed by atoms with Gasteiger partial charge in [-0.2, -0.15) is 0 Å². The predicted molar refractivity (Wildman–Crippen MR) is 126 cm³/mol. The molecular weight excluding hydrogens is 390 g/mol. The number of hydrogen-bond acceptors (Lipinski definition) is 4. The topological polar surface area (TPSA) is 69.2 Å². The average molecular weight is 430 g/mol. The molecule has 1 aromatic rings. The molecule has 2 fully saturated rings. The molecule has 0 radical (unpaired) electrons. The van der Waals surface area contributed by atoms with Crippen molar-refractivity contribution < 1.29 is 9.53 Å². The first kappa shape index (κ1) is 23.5. The molecule has 7 heteroatoms. The van der Waals surface area contributed by atoms with Crippen molar-refractivity contribution in [3.8, 4) is 0 Å². The highest BCUT2D eigenvalue weighted by molar-refractivity contribution is 5.94. The maximum absolute atomic E-state index is 12.2. The Morgan fingerprint density at radius 3 is 2.58 bits per heavy atom. The van der Waals surface area contributed by atoms with Crippen molar-refractivity contribution in [3.63, 3.8) is 0 Å². The molecule has 1 aliphatic carbocycles. The summed E-state index contributed by atoms with van der Waals surface area (Å²) < 4.78 is 5.59. The summed E-state index contributed by atoms with van der Waals surface area (Å²) in [5, 5.41) is 7.05. The maximum atomic E-state index is 12.2. The number of carbonyl (C=O) groups is 1. The molecule has 0 unspecified atom stereocenters. The highest BCUT2D eigenvalue weighted by Gasteiger charge is 2.38. The minimum atomic E-state index is 0.0354. The molecular formula is C24H39N5O2. The molecule has 7 nitrogen and oxygen atoms in total. The number of carbonyl (C=O) groups excluding carboxylic acids is 1. The van der Waals surface area contributed by atoms with Gasteiger partial charge < -0.3 is 20.3 Å². The van der Waals surface area contributed by atoms with Gasteiger partial charge in [-0.3, -0.25) is 14.7 Å².